The van der Waals surface area contributed by atoms with Gasteiger partial charge in [0.2, 0.25) is 0 Å². The Morgan fingerprint density at radius 3 is 0.495 bits per heavy atom. The summed E-state index contributed by atoms with van der Waals surface area (Å²) in [5, 5.41) is 0. The Bertz CT molecular complexity index is 2760. The number of methoxy groups -OCH3 is 5. The maximum absolute atomic E-state index is 13.1. The molecule has 20 heteroatoms. The molecule has 0 heterocycles. The fourth-order valence-corrected chi connectivity index (χ4v) is 10.6. The van der Waals surface area contributed by atoms with Crippen molar-refractivity contribution in [2.45, 2.75) is 163 Å². The molecule has 0 spiro atoms. The normalized spacial score (nSPS) is 11.7. The van der Waals surface area contributed by atoms with Gasteiger partial charge in [0.05, 0.1) is 68.6 Å². The molecule has 0 aromatic heterocycles. The van der Waals surface area contributed by atoms with Gasteiger partial charge in [0.15, 0.2) is 33.0 Å². The van der Waals surface area contributed by atoms with Crippen LogP contribution in [0.25, 0.3) is 0 Å². The lowest BCUT2D eigenvalue weighted by atomic mass is 9.94. The number of carbonyl (C=O) groups is 5. The average molecular weight is 1320 g/mol. The van der Waals surface area contributed by atoms with Crippen molar-refractivity contribution in [1.29, 1.82) is 0 Å². The van der Waals surface area contributed by atoms with Crippen molar-refractivity contribution in [1.82, 2.24) is 0 Å². The molecular weight excluding hydrogens is 1220 g/mol. The van der Waals surface area contributed by atoms with Crippen LogP contribution in [0.5, 0.6) is 57.5 Å². The molecule has 15 rings (SSSR count). The maximum Gasteiger partial charge on any atom is 0.343 e. The van der Waals surface area contributed by atoms with E-state index in [4.69, 9.17) is 71.1 Å². The number of carbonyl (C=O) groups excluding carboxylic acids is 5. The van der Waals surface area contributed by atoms with Crippen LogP contribution in [0.15, 0.2) is 60.7 Å². The largest absolute Gasteiger partial charge is 0.493 e. The molecule has 0 atom stereocenters. The molecule has 5 aromatic carbocycles. The molecule has 0 unspecified atom stereocenters. The molecular formula is C75H100O20. The van der Waals surface area contributed by atoms with E-state index >= 15 is 0 Å². The topological polar surface area (TPSA) is 224 Å². The summed E-state index contributed by atoms with van der Waals surface area (Å²) in [6.07, 6.45) is 13.9. The van der Waals surface area contributed by atoms with Crippen LogP contribution in [0.4, 0.5) is 0 Å². The van der Waals surface area contributed by atoms with Gasteiger partial charge in [-0.2, -0.15) is 0 Å². The summed E-state index contributed by atoms with van der Waals surface area (Å²) in [6, 6.07) is 18.8. The molecule has 5 aromatic rings. The lowest BCUT2D eigenvalue weighted by Gasteiger charge is -2.22. The van der Waals surface area contributed by atoms with Gasteiger partial charge in [-0.05, 0) is 92.8 Å². The van der Waals surface area contributed by atoms with Crippen LogP contribution in [-0.2, 0) is 79.8 Å². The summed E-state index contributed by atoms with van der Waals surface area (Å²) in [5.74, 6) is 1.19. The van der Waals surface area contributed by atoms with Gasteiger partial charge in [0, 0.05) is 87.7 Å². The summed E-state index contributed by atoms with van der Waals surface area (Å²) in [6.45, 7) is 10.3. The first-order chi connectivity index (χ1) is 46.2. The van der Waals surface area contributed by atoms with Gasteiger partial charge in [0.1, 0.15) is 57.5 Å². The third-order valence-corrected chi connectivity index (χ3v) is 16.0. The van der Waals surface area contributed by atoms with Crippen LogP contribution in [0.1, 0.15) is 187 Å². The number of esters is 5. The molecule has 0 fully saturated rings. The monoisotopic (exact) mass is 1320 g/mol. The number of hydrogen-bond acceptors (Lipinski definition) is 20. The van der Waals surface area contributed by atoms with Gasteiger partial charge in [-0.25, -0.2) is 24.0 Å². The van der Waals surface area contributed by atoms with Crippen LogP contribution in [-0.4, -0.2) is 131 Å². The van der Waals surface area contributed by atoms with Gasteiger partial charge in [0.25, 0.3) is 0 Å². The van der Waals surface area contributed by atoms with Gasteiger partial charge in [-0.1, -0.05) is 98.8 Å². The number of hydrogen-bond donors (Lipinski definition) is 0. The molecule has 20 nitrogen and oxygen atoms in total. The Balaban J connectivity index is 1.81. The summed E-state index contributed by atoms with van der Waals surface area (Å²) < 4.78 is 91.9. The molecule has 95 heavy (non-hydrogen) atoms. The van der Waals surface area contributed by atoms with Crippen molar-refractivity contribution in [3.05, 3.63) is 116 Å². The second kappa shape index (κ2) is 41.3. The molecule has 0 saturated carbocycles. The number of rotatable bonds is 40. The second-order valence-electron chi connectivity index (χ2n) is 23.3. The summed E-state index contributed by atoms with van der Waals surface area (Å²) in [7, 11) is 6.45. The van der Waals surface area contributed by atoms with E-state index in [0.29, 0.717) is 146 Å². The van der Waals surface area contributed by atoms with Crippen LogP contribution in [0.3, 0.4) is 0 Å². The van der Waals surface area contributed by atoms with E-state index in [2.05, 4.69) is 34.6 Å². The average Bonchev–Trinajstić information content (AvgIpc) is 1.16. The molecule has 10 aliphatic rings. The Kier molecular flexibility index (Phi) is 32.8. The standard InChI is InChI=1S/C75H100O20/c1-11-16-21-26-86-61-36-56-32-52-42-68(93-48-73(78)83-8)58(38-63(52)88-28-23-18-13-3)34-54-44-70(95-50-75(80)85-10)60(40-65(54)90-30-25-20-15-5)35-55-45-69(94-49-74(79)84-9)59(39-64(55)89-29-24-19-14-4)33-53-43-67(92-47-72(77)82-7)57(37-62(53)87-27-22-17-12-2)31-51(61)41-66(56)91-46-71(76)81-6/h36-45H,11-35,46-50H2,1-10H3. The molecule has 520 valence electrons. The fraction of sp³-hybridized carbons (Fsp3) is 0.533. The van der Waals surface area contributed by atoms with Crippen LogP contribution < -0.4 is 47.4 Å². The zero-order valence-electron chi connectivity index (χ0n) is 57.7. The third-order valence-electron chi connectivity index (χ3n) is 16.0. The van der Waals surface area contributed by atoms with E-state index in [0.717, 1.165) is 96.3 Å². The van der Waals surface area contributed by atoms with Crippen LogP contribution in [0, 0.1) is 0 Å². The maximum atomic E-state index is 13.1. The highest BCUT2D eigenvalue weighted by atomic mass is 16.6. The van der Waals surface area contributed by atoms with Crippen molar-refractivity contribution in [3.63, 3.8) is 0 Å². The van der Waals surface area contributed by atoms with E-state index in [1.165, 1.54) is 35.5 Å². The predicted molar refractivity (Wildman–Crippen MR) is 359 cm³/mol. The highest BCUT2D eigenvalue weighted by Crippen LogP contribution is 2.43. The minimum atomic E-state index is -0.612. The first-order valence-electron chi connectivity index (χ1n) is 33.6. The van der Waals surface area contributed by atoms with Crippen molar-refractivity contribution in [3.8, 4) is 57.5 Å². The minimum Gasteiger partial charge on any atom is -0.493 e. The summed E-state index contributed by atoms with van der Waals surface area (Å²) in [5.41, 5.74) is 6.37. The van der Waals surface area contributed by atoms with E-state index in [9.17, 15) is 24.0 Å². The quantitative estimate of drug-likeness (QED) is 0.0198. The Morgan fingerprint density at radius 2 is 0.368 bits per heavy atom. The van der Waals surface area contributed by atoms with E-state index in [1.54, 1.807) is 0 Å². The zero-order chi connectivity index (χ0) is 68.3. The fourth-order valence-electron chi connectivity index (χ4n) is 10.6. The summed E-state index contributed by atoms with van der Waals surface area (Å²) >= 11 is 0. The van der Waals surface area contributed by atoms with E-state index < -0.39 is 62.9 Å². The van der Waals surface area contributed by atoms with Crippen LogP contribution in [0.2, 0.25) is 0 Å². The van der Waals surface area contributed by atoms with Crippen molar-refractivity contribution < 1.29 is 95.0 Å². The highest BCUT2D eigenvalue weighted by Gasteiger charge is 2.26. The Hall–Kier alpha value is -8.55. The first-order valence-corrected chi connectivity index (χ1v) is 33.6. The molecule has 10 aliphatic carbocycles. The predicted octanol–water partition coefficient (Wildman–Crippen LogP) is 13.6. The summed E-state index contributed by atoms with van der Waals surface area (Å²) in [4.78, 5) is 65.4. The van der Waals surface area contributed by atoms with Gasteiger partial charge in [-0.15, -0.1) is 0 Å². The lowest BCUT2D eigenvalue weighted by molar-refractivity contribution is -0.143. The number of benzene rings is 5. The lowest BCUT2D eigenvalue weighted by Crippen LogP contribution is -2.15. The molecule has 0 N–H and O–H groups in total. The Morgan fingerprint density at radius 1 is 0.232 bits per heavy atom. The number of unbranched alkanes of at least 4 members (excludes halogenated alkanes) is 10. The second-order valence-corrected chi connectivity index (χ2v) is 23.3. The van der Waals surface area contributed by atoms with Crippen molar-refractivity contribution >= 4 is 29.8 Å². The zero-order valence-corrected chi connectivity index (χ0v) is 57.7. The van der Waals surface area contributed by atoms with Gasteiger partial charge in [-0.3, -0.25) is 0 Å². The minimum absolute atomic E-state index is 0.152. The SMILES string of the molecule is CCCCCOc1cc2c(OCC(=O)OC)cc1Cc1cc(OCCCCC)c(cc1OCC(=O)OC)Cc1cc(OCCCCC)c(cc1OCC(=O)OC)Cc1cc(OCCCCC)c(cc1OCC(=O)OC)Cc1cc(OCCCCC)c(cc1OCC(=O)OC)C2. The van der Waals surface area contributed by atoms with E-state index in [-0.39, 0.29) is 32.1 Å². The molecule has 10 bridgehead atoms. The molecule has 0 saturated heterocycles. The van der Waals surface area contributed by atoms with Crippen molar-refractivity contribution in [2.24, 2.45) is 0 Å². The molecule has 0 radical (unpaired) electrons. The number of ether oxygens (including phenoxy) is 15. The highest BCUT2D eigenvalue weighted by molar-refractivity contribution is 5.73. The third kappa shape index (κ3) is 24.3. The van der Waals surface area contributed by atoms with Crippen LogP contribution >= 0.6 is 0 Å². The smallest absolute Gasteiger partial charge is 0.343 e. The van der Waals surface area contributed by atoms with Crippen molar-refractivity contribution in [2.75, 3.05) is 102 Å². The Labute approximate surface area is 561 Å². The van der Waals surface area contributed by atoms with Gasteiger partial charge < -0.3 is 71.1 Å². The first kappa shape index (κ1) is 75.5. The molecule has 0 aliphatic heterocycles. The van der Waals surface area contributed by atoms with E-state index in [1.807, 2.05) is 60.7 Å². The van der Waals surface area contributed by atoms with Gasteiger partial charge >= 0.3 is 29.8 Å². The molecule has 0 amide bonds.